The van der Waals surface area contributed by atoms with Gasteiger partial charge in [-0.15, -0.1) is 6.58 Å². The highest BCUT2D eigenvalue weighted by Crippen LogP contribution is 2.30. The van der Waals surface area contributed by atoms with Gasteiger partial charge in [-0.05, 0) is 12.1 Å². The summed E-state index contributed by atoms with van der Waals surface area (Å²) in [4.78, 5) is 24.5. The summed E-state index contributed by atoms with van der Waals surface area (Å²) in [5.41, 5.74) is -0.269. The number of aliphatic hydroxyl groups is 1. The van der Waals surface area contributed by atoms with E-state index >= 15 is 0 Å². The Hall–Kier alpha value is -1.76. The topological polar surface area (TPSA) is 89.9 Å². The Labute approximate surface area is 131 Å². The number of rotatable bonds is 6. The van der Waals surface area contributed by atoms with E-state index < -0.39 is 12.0 Å². The Bertz CT molecular complexity index is 563. The van der Waals surface area contributed by atoms with Gasteiger partial charge in [0.05, 0.1) is 22.9 Å². The Morgan fingerprint density at radius 2 is 2.05 bits per heavy atom. The van der Waals surface area contributed by atoms with E-state index in [4.69, 9.17) is 33.4 Å². The van der Waals surface area contributed by atoms with Crippen molar-refractivity contribution in [2.24, 2.45) is 0 Å². The van der Waals surface area contributed by atoms with E-state index in [2.05, 4.69) is 11.9 Å². The minimum absolute atomic E-state index is 0.0100. The molecule has 0 unspecified atom stereocenters. The summed E-state index contributed by atoms with van der Waals surface area (Å²) in [5.74, 6) is -1.27. The van der Waals surface area contributed by atoms with E-state index in [0.29, 0.717) is 0 Å². The van der Waals surface area contributed by atoms with Gasteiger partial charge < -0.3 is 20.4 Å². The molecule has 2 amide bonds. The molecule has 0 radical (unpaired) electrons. The molecule has 0 heterocycles. The zero-order chi connectivity index (χ0) is 16.0. The van der Waals surface area contributed by atoms with Crippen LogP contribution >= 0.6 is 23.2 Å². The smallest absolute Gasteiger partial charge is 0.337 e. The molecule has 1 rings (SSSR count). The largest absolute Gasteiger partial charge is 0.478 e. The number of carboxylic acid groups (broad SMARTS) is 1. The molecule has 6 nitrogen and oxygen atoms in total. The Balaban J connectivity index is 3.08. The van der Waals surface area contributed by atoms with Crippen molar-refractivity contribution >= 4 is 40.9 Å². The summed E-state index contributed by atoms with van der Waals surface area (Å²) in [6.07, 6.45) is 1.48. The third-order valence-corrected chi connectivity index (χ3v) is 3.04. The van der Waals surface area contributed by atoms with Crippen molar-refractivity contribution in [1.29, 1.82) is 0 Å². The average Bonchev–Trinajstić information content (AvgIpc) is 2.40. The van der Waals surface area contributed by atoms with Crippen LogP contribution in [0.25, 0.3) is 0 Å². The molecule has 114 valence electrons. The lowest BCUT2D eigenvalue weighted by molar-refractivity contribution is 0.0698. The highest BCUT2D eigenvalue weighted by molar-refractivity contribution is 6.37. The van der Waals surface area contributed by atoms with Gasteiger partial charge in [0, 0.05) is 18.1 Å². The van der Waals surface area contributed by atoms with Crippen LogP contribution in [0, 0.1) is 0 Å². The number of carbonyl (C=O) groups excluding carboxylic acids is 1. The van der Waals surface area contributed by atoms with Crippen LogP contribution in [0.2, 0.25) is 10.0 Å². The van der Waals surface area contributed by atoms with Crippen molar-refractivity contribution in [3.63, 3.8) is 0 Å². The summed E-state index contributed by atoms with van der Waals surface area (Å²) < 4.78 is 0. The highest BCUT2D eigenvalue weighted by atomic mass is 35.5. The van der Waals surface area contributed by atoms with Crippen LogP contribution in [-0.4, -0.2) is 46.8 Å². The van der Waals surface area contributed by atoms with Crippen LogP contribution in [0.1, 0.15) is 10.4 Å². The van der Waals surface area contributed by atoms with Crippen LogP contribution < -0.4 is 5.32 Å². The van der Waals surface area contributed by atoms with Crippen molar-refractivity contribution in [3.8, 4) is 0 Å². The summed E-state index contributed by atoms with van der Waals surface area (Å²) in [6, 6.07) is 1.92. The second kappa shape index (κ2) is 7.87. The minimum Gasteiger partial charge on any atom is -0.478 e. The molecule has 0 fully saturated rings. The van der Waals surface area contributed by atoms with E-state index in [1.54, 1.807) is 0 Å². The first-order valence-electron chi connectivity index (χ1n) is 5.90. The summed E-state index contributed by atoms with van der Waals surface area (Å²) in [5, 5.41) is 20.6. The highest BCUT2D eigenvalue weighted by Gasteiger charge is 2.19. The summed E-state index contributed by atoms with van der Waals surface area (Å²) in [6.45, 7) is 3.54. The third-order valence-electron chi connectivity index (χ3n) is 2.52. The lowest BCUT2D eigenvalue weighted by Gasteiger charge is -2.21. The lowest BCUT2D eigenvalue weighted by Crippen LogP contribution is -2.37. The molecule has 1 aromatic carbocycles. The first kappa shape index (κ1) is 17.3. The van der Waals surface area contributed by atoms with Crippen molar-refractivity contribution in [3.05, 3.63) is 40.4 Å². The third kappa shape index (κ3) is 4.63. The molecule has 0 aliphatic rings. The second-order valence-electron chi connectivity index (χ2n) is 4.00. The molecular formula is C13H14Cl2N2O4. The van der Waals surface area contributed by atoms with Crippen molar-refractivity contribution in [2.75, 3.05) is 25.0 Å². The van der Waals surface area contributed by atoms with Gasteiger partial charge in [0.15, 0.2) is 0 Å². The standard InChI is InChI=1S/C13H14Cl2N2O4/c1-2-3-17(4-5-18)13(21)16-11-9(12(19)20)6-8(14)7-10(11)15/h2,6-7,18H,1,3-5H2,(H,16,21)(H,19,20). The second-order valence-corrected chi connectivity index (χ2v) is 4.85. The van der Waals surface area contributed by atoms with Gasteiger partial charge in [-0.1, -0.05) is 29.3 Å². The molecule has 1 aromatic rings. The molecule has 0 spiro atoms. The quantitative estimate of drug-likeness (QED) is 0.698. The molecule has 8 heteroatoms. The maximum atomic E-state index is 12.1. The molecule has 0 aliphatic carbocycles. The summed E-state index contributed by atoms with van der Waals surface area (Å²) in [7, 11) is 0. The maximum Gasteiger partial charge on any atom is 0.337 e. The number of carboxylic acids is 1. The average molecular weight is 333 g/mol. The van der Waals surface area contributed by atoms with Crippen molar-refractivity contribution in [2.45, 2.75) is 0 Å². The number of anilines is 1. The van der Waals surface area contributed by atoms with E-state index in [1.165, 1.54) is 23.1 Å². The molecule has 0 aliphatic heterocycles. The lowest BCUT2D eigenvalue weighted by atomic mass is 10.2. The number of aliphatic hydroxyl groups excluding tert-OH is 1. The van der Waals surface area contributed by atoms with E-state index in [-0.39, 0.29) is 41.0 Å². The molecule has 0 atom stereocenters. The first-order valence-corrected chi connectivity index (χ1v) is 6.66. The Morgan fingerprint density at radius 3 is 2.57 bits per heavy atom. The molecule has 0 saturated heterocycles. The van der Waals surface area contributed by atoms with Crippen LogP contribution in [0.5, 0.6) is 0 Å². The van der Waals surface area contributed by atoms with Crippen LogP contribution in [0.3, 0.4) is 0 Å². The normalized spacial score (nSPS) is 10.0. The first-order chi connectivity index (χ1) is 9.90. The van der Waals surface area contributed by atoms with Gasteiger partial charge in [0.1, 0.15) is 0 Å². The van der Waals surface area contributed by atoms with E-state index in [0.717, 1.165) is 0 Å². The number of carbonyl (C=O) groups is 2. The molecule has 0 saturated carbocycles. The predicted octanol–water partition coefficient (Wildman–Crippen LogP) is 2.70. The fourth-order valence-corrected chi connectivity index (χ4v) is 2.15. The van der Waals surface area contributed by atoms with Crippen LogP contribution in [0.15, 0.2) is 24.8 Å². The number of nitrogens with zero attached hydrogens (tertiary/aromatic N) is 1. The number of hydrogen-bond donors (Lipinski definition) is 3. The van der Waals surface area contributed by atoms with Crippen LogP contribution in [0.4, 0.5) is 10.5 Å². The maximum absolute atomic E-state index is 12.1. The number of urea groups is 1. The minimum atomic E-state index is -1.27. The van der Waals surface area contributed by atoms with Crippen LogP contribution in [-0.2, 0) is 0 Å². The van der Waals surface area contributed by atoms with Gasteiger partial charge in [0.2, 0.25) is 0 Å². The fraction of sp³-hybridized carbons (Fsp3) is 0.231. The molecule has 3 N–H and O–H groups in total. The van der Waals surface area contributed by atoms with Crippen molar-refractivity contribution < 1.29 is 19.8 Å². The van der Waals surface area contributed by atoms with Gasteiger partial charge in [-0.25, -0.2) is 9.59 Å². The number of benzene rings is 1. The van der Waals surface area contributed by atoms with E-state index in [1.807, 2.05) is 0 Å². The zero-order valence-corrected chi connectivity index (χ0v) is 12.5. The van der Waals surface area contributed by atoms with Gasteiger partial charge in [-0.3, -0.25) is 0 Å². The predicted molar refractivity (Wildman–Crippen MR) is 81.3 cm³/mol. The number of nitrogens with one attached hydrogen (secondary N) is 1. The molecule has 0 bridgehead atoms. The van der Waals surface area contributed by atoms with Gasteiger partial charge in [0.25, 0.3) is 0 Å². The zero-order valence-electron chi connectivity index (χ0n) is 11.0. The van der Waals surface area contributed by atoms with Gasteiger partial charge >= 0.3 is 12.0 Å². The molecular weight excluding hydrogens is 319 g/mol. The molecule has 21 heavy (non-hydrogen) atoms. The Kier molecular flexibility index (Phi) is 6.48. The number of amides is 2. The summed E-state index contributed by atoms with van der Waals surface area (Å²) >= 11 is 11.7. The SMILES string of the molecule is C=CCN(CCO)C(=O)Nc1c(Cl)cc(Cl)cc1C(=O)O. The molecule has 0 aromatic heterocycles. The number of hydrogen-bond acceptors (Lipinski definition) is 3. The monoisotopic (exact) mass is 332 g/mol. The Morgan fingerprint density at radius 1 is 1.38 bits per heavy atom. The number of aromatic carboxylic acids is 1. The van der Waals surface area contributed by atoms with Gasteiger partial charge in [-0.2, -0.15) is 0 Å². The number of halogens is 2. The fourth-order valence-electron chi connectivity index (χ4n) is 1.61. The van der Waals surface area contributed by atoms with Crippen molar-refractivity contribution in [1.82, 2.24) is 4.90 Å². The van der Waals surface area contributed by atoms with E-state index in [9.17, 15) is 9.59 Å².